The highest BCUT2D eigenvalue weighted by molar-refractivity contribution is 14.0. The van der Waals surface area contributed by atoms with E-state index in [4.69, 9.17) is 9.73 Å². The lowest BCUT2D eigenvalue weighted by molar-refractivity contribution is -0.171. The van der Waals surface area contributed by atoms with Gasteiger partial charge in [-0.05, 0) is 50.3 Å². The molecule has 2 saturated carbocycles. The number of rotatable bonds is 5. The molecule has 162 valence electrons. The van der Waals surface area contributed by atoms with E-state index in [0.29, 0.717) is 34.9 Å². The summed E-state index contributed by atoms with van der Waals surface area (Å²) in [4.78, 5) is 5.17. The Bertz CT molecular complexity index is 883. The van der Waals surface area contributed by atoms with Gasteiger partial charge in [-0.3, -0.25) is 0 Å². The van der Waals surface area contributed by atoms with Gasteiger partial charge in [0.05, 0.1) is 17.5 Å². The number of fused-ring (bicyclic) bond motifs is 2. The van der Waals surface area contributed by atoms with E-state index in [1.165, 1.54) is 25.5 Å². The summed E-state index contributed by atoms with van der Waals surface area (Å²) in [6, 6.07) is 5.90. The first-order chi connectivity index (χ1) is 13.3. The van der Waals surface area contributed by atoms with Crippen LogP contribution in [0.25, 0.3) is 0 Å². The Morgan fingerprint density at radius 3 is 2.69 bits per heavy atom. The van der Waals surface area contributed by atoms with Crippen molar-refractivity contribution in [1.82, 2.24) is 10.6 Å². The molecule has 3 aliphatic rings. The van der Waals surface area contributed by atoms with Crippen molar-refractivity contribution in [3.05, 3.63) is 29.3 Å². The van der Waals surface area contributed by atoms with E-state index in [-0.39, 0.29) is 24.0 Å². The minimum absolute atomic E-state index is 0. The first kappa shape index (κ1) is 22.8. The molecule has 1 aromatic carbocycles. The van der Waals surface area contributed by atoms with E-state index in [0.717, 1.165) is 36.7 Å². The number of aryl methyl sites for hydroxylation is 1. The highest BCUT2D eigenvalue weighted by Crippen LogP contribution is 2.62. The Labute approximate surface area is 191 Å². The molecule has 1 aromatic rings. The van der Waals surface area contributed by atoms with Gasteiger partial charge in [-0.15, -0.1) is 24.0 Å². The largest absolute Gasteiger partial charge is 0.377 e. The zero-order valence-electron chi connectivity index (χ0n) is 17.4. The van der Waals surface area contributed by atoms with Gasteiger partial charge in [0.25, 0.3) is 0 Å². The normalized spacial score (nSPS) is 27.4. The Hall–Kier alpha value is -0.870. The molecule has 2 aliphatic carbocycles. The molecule has 0 aromatic heterocycles. The Balaban J connectivity index is 0.00000240. The van der Waals surface area contributed by atoms with E-state index >= 15 is 0 Å². The van der Waals surface area contributed by atoms with Gasteiger partial charge < -0.3 is 15.4 Å². The summed E-state index contributed by atoms with van der Waals surface area (Å²) < 4.78 is 29.6. The number of guanidine groups is 1. The zero-order valence-corrected chi connectivity index (χ0v) is 20.5. The molecule has 3 atom stereocenters. The molecule has 1 aliphatic heterocycles. The van der Waals surface area contributed by atoms with Crippen LogP contribution >= 0.6 is 24.0 Å². The fraction of sp³-hybridized carbons (Fsp3) is 0.667. The van der Waals surface area contributed by atoms with Crippen molar-refractivity contribution in [2.45, 2.75) is 63.1 Å². The molecule has 2 N–H and O–H groups in total. The third-order valence-corrected chi connectivity index (χ3v) is 7.99. The van der Waals surface area contributed by atoms with Gasteiger partial charge in [0.1, 0.15) is 0 Å². The number of ether oxygens (including phenoxy) is 1. The number of halogens is 1. The maximum absolute atomic E-state index is 11.8. The quantitative estimate of drug-likeness (QED) is 0.346. The van der Waals surface area contributed by atoms with Gasteiger partial charge in [-0.2, -0.15) is 0 Å². The summed E-state index contributed by atoms with van der Waals surface area (Å²) in [5.41, 5.74) is 2.09. The van der Waals surface area contributed by atoms with Crippen molar-refractivity contribution in [3.8, 4) is 0 Å². The van der Waals surface area contributed by atoms with Gasteiger partial charge >= 0.3 is 0 Å². The van der Waals surface area contributed by atoms with Crippen LogP contribution in [0.15, 0.2) is 28.1 Å². The first-order valence-corrected chi connectivity index (χ1v) is 12.2. The van der Waals surface area contributed by atoms with Crippen LogP contribution < -0.4 is 10.6 Å². The average Bonchev–Trinajstić information content (AvgIpc) is 3.00. The van der Waals surface area contributed by atoms with Crippen LogP contribution in [0.4, 0.5) is 0 Å². The first-order valence-electron chi connectivity index (χ1n) is 10.3. The number of sulfone groups is 1. The van der Waals surface area contributed by atoms with Crippen molar-refractivity contribution in [2.75, 3.05) is 19.4 Å². The summed E-state index contributed by atoms with van der Waals surface area (Å²) in [6.07, 6.45) is 6.61. The van der Waals surface area contributed by atoms with E-state index < -0.39 is 9.84 Å². The second-order valence-corrected chi connectivity index (χ2v) is 10.5. The highest BCUT2D eigenvalue weighted by Gasteiger charge is 2.66. The number of hydrogen-bond acceptors (Lipinski definition) is 4. The highest BCUT2D eigenvalue weighted by atomic mass is 127. The predicted octanol–water partition coefficient (Wildman–Crippen LogP) is 3.03. The van der Waals surface area contributed by atoms with Crippen LogP contribution in [-0.4, -0.2) is 45.9 Å². The van der Waals surface area contributed by atoms with Crippen molar-refractivity contribution >= 4 is 39.8 Å². The van der Waals surface area contributed by atoms with Crippen LogP contribution in [0.5, 0.6) is 0 Å². The zero-order chi connectivity index (χ0) is 19.9. The van der Waals surface area contributed by atoms with Crippen LogP contribution in [0, 0.1) is 18.3 Å². The topological polar surface area (TPSA) is 79.8 Å². The molecule has 6 nitrogen and oxygen atoms in total. The second kappa shape index (κ2) is 8.70. The smallest absolute Gasteiger partial charge is 0.191 e. The molecule has 8 heteroatoms. The molecule has 3 unspecified atom stereocenters. The predicted molar refractivity (Wildman–Crippen MR) is 126 cm³/mol. The molecule has 0 radical (unpaired) electrons. The maximum Gasteiger partial charge on any atom is 0.191 e. The van der Waals surface area contributed by atoms with Crippen LogP contribution in [-0.2, 0) is 21.1 Å². The van der Waals surface area contributed by atoms with Crippen LogP contribution in [0.3, 0.4) is 0 Å². The number of nitrogens with zero attached hydrogens (tertiary/aromatic N) is 1. The number of hydrogen-bond donors (Lipinski definition) is 2. The number of nitrogens with one attached hydrogen (secondary N) is 2. The summed E-state index contributed by atoms with van der Waals surface area (Å²) in [5, 5.41) is 7.07. The summed E-state index contributed by atoms with van der Waals surface area (Å²) in [6.45, 7) is 6.12. The average molecular weight is 533 g/mol. The van der Waals surface area contributed by atoms with Crippen molar-refractivity contribution < 1.29 is 13.2 Å². The molecule has 0 amide bonds. The summed E-state index contributed by atoms with van der Waals surface area (Å²) in [5.74, 6) is 1.44. The molecular formula is C21H32IN3O3S. The van der Waals surface area contributed by atoms with E-state index in [1.807, 2.05) is 19.1 Å². The molecule has 1 heterocycles. The third-order valence-electron chi connectivity index (χ3n) is 6.73. The van der Waals surface area contributed by atoms with E-state index in [2.05, 4.69) is 17.6 Å². The lowest BCUT2D eigenvalue weighted by Crippen LogP contribution is -2.72. The lowest BCUT2D eigenvalue weighted by atomic mass is 9.46. The molecule has 29 heavy (non-hydrogen) atoms. The van der Waals surface area contributed by atoms with Crippen molar-refractivity contribution in [2.24, 2.45) is 16.3 Å². The standard InChI is InChI=1S/C21H31N3O3S.HI/c1-4-22-20(23-13-15-6-7-17(14(2)12-15)28(3,25)26)24-18-16-8-11-27-19(16)21(18)9-5-10-21;/h6-7,12,16,18-19H,4-5,8-11,13H2,1-3H3,(H2,22,23,24);1H. The third kappa shape index (κ3) is 4.17. The molecule has 1 saturated heterocycles. The molecule has 1 spiro atoms. The number of aliphatic imine (C=N–C) groups is 1. The van der Waals surface area contributed by atoms with Crippen molar-refractivity contribution in [1.29, 1.82) is 0 Å². The minimum Gasteiger partial charge on any atom is -0.377 e. The van der Waals surface area contributed by atoms with E-state index in [9.17, 15) is 8.42 Å². The molecular weight excluding hydrogens is 501 g/mol. The van der Waals surface area contributed by atoms with Gasteiger partial charge in [-0.1, -0.05) is 18.6 Å². The monoisotopic (exact) mass is 533 g/mol. The van der Waals surface area contributed by atoms with Gasteiger partial charge in [0.2, 0.25) is 0 Å². The minimum atomic E-state index is -3.19. The Kier molecular flexibility index (Phi) is 6.85. The fourth-order valence-electron chi connectivity index (χ4n) is 5.32. The van der Waals surface area contributed by atoms with E-state index in [1.54, 1.807) is 6.07 Å². The fourth-order valence-corrected chi connectivity index (χ4v) is 6.28. The van der Waals surface area contributed by atoms with Gasteiger partial charge in [-0.25, -0.2) is 13.4 Å². The SMILES string of the molecule is CCNC(=NCc1ccc(S(C)(=O)=O)c(C)c1)NC1C2CCOC2C12CCC2.I. The van der Waals surface area contributed by atoms with Gasteiger partial charge in [0, 0.05) is 36.8 Å². The maximum atomic E-state index is 11.8. The lowest BCUT2D eigenvalue weighted by Gasteiger charge is -2.63. The number of benzene rings is 1. The van der Waals surface area contributed by atoms with Crippen LogP contribution in [0.2, 0.25) is 0 Å². The molecule has 0 bridgehead atoms. The summed E-state index contributed by atoms with van der Waals surface area (Å²) in [7, 11) is -3.19. The molecule has 3 fully saturated rings. The molecule has 4 rings (SSSR count). The Morgan fingerprint density at radius 2 is 2.10 bits per heavy atom. The van der Waals surface area contributed by atoms with Crippen molar-refractivity contribution in [3.63, 3.8) is 0 Å². The Morgan fingerprint density at radius 1 is 1.34 bits per heavy atom. The van der Waals surface area contributed by atoms with Crippen LogP contribution in [0.1, 0.15) is 43.7 Å². The second-order valence-electron chi connectivity index (χ2n) is 8.52. The van der Waals surface area contributed by atoms with Gasteiger partial charge in [0.15, 0.2) is 15.8 Å². The summed E-state index contributed by atoms with van der Waals surface area (Å²) >= 11 is 0.